The normalized spacial score (nSPS) is 11.0. The summed E-state index contributed by atoms with van der Waals surface area (Å²) in [4.78, 5) is 24.6. The van der Waals surface area contributed by atoms with Crippen LogP contribution in [-0.2, 0) is 6.42 Å². The number of fused-ring (bicyclic) bond motifs is 1. The fourth-order valence-corrected chi connectivity index (χ4v) is 4.10. The third kappa shape index (κ3) is 4.44. The number of carboxylic acids is 1. The number of thiophene rings is 1. The average molecular weight is 423 g/mol. The summed E-state index contributed by atoms with van der Waals surface area (Å²) in [5.41, 5.74) is 3.00. The number of hydrogen-bond donors (Lipinski definition) is 1. The van der Waals surface area contributed by atoms with E-state index < -0.39 is 5.97 Å². The summed E-state index contributed by atoms with van der Waals surface area (Å²) in [5.74, 6) is -0.858. The molecule has 1 aromatic carbocycles. The number of aromatic carboxylic acids is 1. The van der Waals surface area contributed by atoms with Crippen molar-refractivity contribution < 1.29 is 19.0 Å². The Labute approximate surface area is 176 Å². The molecule has 0 radical (unpaired) electrons. The maximum absolute atomic E-state index is 13.3. The molecule has 0 aliphatic rings. The van der Waals surface area contributed by atoms with E-state index in [0.29, 0.717) is 12.4 Å². The fraction of sp³-hybridized carbons (Fsp3) is 0.182. The monoisotopic (exact) mass is 423 g/mol. The number of aryl methyl sites for hydroxylation is 1. The van der Waals surface area contributed by atoms with Gasteiger partial charge in [-0.15, -0.1) is 11.3 Å². The van der Waals surface area contributed by atoms with Gasteiger partial charge in [0, 0.05) is 22.5 Å². The Morgan fingerprint density at radius 3 is 2.77 bits per heavy atom. The molecule has 0 saturated heterocycles. The first kappa shape index (κ1) is 19.9. The molecule has 0 spiro atoms. The van der Waals surface area contributed by atoms with Crippen LogP contribution in [0.1, 0.15) is 28.9 Å². The molecule has 0 bridgehead atoms. The van der Waals surface area contributed by atoms with Crippen LogP contribution in [0.15, 0.2) is 54.4 Å². The number of carbonyl (C=O) groups is 1. The van der Waals surface area contributed by atoms with Gasteiger partial charge in [-0.05, 0) is 43.0 Å². The zero-order valence-electron chi connectivity index (χ0n) is 15.9. The Bertz CT molecular complexity index is 1180. The Morgan fingerprint density at radius 1 is 1.13 bits per heavy atom. The Balaban J connectivity index is 1.41. The molecule has 0 fully saturated rings. The summed E-state index contributed by atoms with van der Waals surface area (Å²) >= 11 is 1.55. The molecule has 152 valence electrons. The maximum Gasteiger partial charge on any atom is 0.337 e. The number of hydrogen-bond acceptors (Lipinski definition) is 6. The number of benzene rings is 1. The Kier molecular flexibility index (Phi) is 5.94. The van der Waals surface area contributed by atoms with E-state index in [2.05, 4.69) is 15.0 Å². The first-order chi connectivity index (χ1) is 14.6. The summed E-state index contributed by atoms with van der Waals surface area (Å²) < 4.78 is 18.9. The molecule has 4 rings (SSSR count). The lowest BCUT2D eigenvalue weighted by Crippen LogP contribution is -2.02. The highest BCUT2D eigenvalue weighted by Gasteiger charge is 2.13. The molecular formula is C22H18FN3O3S. The number of halogens is 1. The number of pyridine rings is 1. The van der Waals surface area contributed by atoms with Crippen molar-refractivity contribution in [1.82, 2.24) is 15.0 Å². The van der Waals surface area contributed by atoms with Gasteiger partial charge in [0.1, 0.15) is 22.7 Å². The molecule has 30 heavy (non-hydrogen) atoms. The fourth-order valence-electron chi connectivity index (χ4n) is 3.17. The predicted octanol–water partition coefficient (Wildman–Crippen LogP) is 4.99. The van der Waals surface area contributed by atoms with Crippen molar-refractivity contribution in [3.05, 3.63) is 71.5 Å². The molecule has 0 saturated carbocycles. The highest BCUT2D eigenvalue weighted by atomic mass is 32.1. The lowest BCUT2D eigenvalue weighted by atomic mass is 10.0. The number of aromatic nitrogens is 3. The van der Waals surface area contributed by atoms with Crippen LogP contribution in [0, 0.1) is 5.82 Å². The van der Waals surface area contributed by atoms with Gasteiger partial charge in [0.15, 0.2) is 0 Å². The maximum atomic E-state index is 13.3. The molecule has 0 atom stereocenters. The van der Waals surface area contributed by atoms with Crippen molar-refractivity contribution in [1.29, 1.82) is 0 Å². The summed E-state index contributed by atoms with van der Waals surface area (Å²) in [6.45, 7) is 0.452. The number of nitrogens with zero attached hydrogens (tertiary/aromatic N) is 3. The van der Waals surface area contributed by atoms with Gasteiger partial charge < -0.3 is 9.84 Å². The summed E-state index contributed by atoms with van der Waals surface area (Å²) in [7, 11) is 0. The van der Waals surface area contributed by atoms with Gasteiger partial charge in [-0.1, -0.05) is 12.1 Å². The highest BCUT2D eigenvalue weighted by Crippen LogP contribution is 2.34. The van der Waals surface area contributed by atoms with Crippen molar-refractivity contribution in [2.24, 2.45) is 0 Å². The lowest BCUT2D eigenvalue weighted by Gasteiger charge is -2.08. The van der Waals surface area contributed by atoms with Crippen molar-refractivity contribution in [3.63, 3.8) is 0 Å². The van der Waals surface area contributed by atoms with Crippen LogP contribution in [0.3, 0.4) is 0 Å². The Morgan fingerprint density at radius 2 is 1.97 bits per heavy atom. The molecule has 0 amide bonds. The van der Waals surface area contributed by atoms with E-state index in [9.17, 15) is 9.18 Å². The van der Waals surface area contributed by atoms with Crippen LogP contribution in [0.2, 0.25) is 0 Å². The summed E-state index contributed by atoms with van der Waals surface area (Å²) in [6.07, 6.45) is 6.73. The molecular weight excluding hydrogens is 405 g/mol. The Hall–Kier alpha value is -3.39. The van der Waals surface area contributed by atoms with Gasteiger partial charge in [-0.2, -0.15) is 0 Å². The molecule has 8 heteroatoms. The van der Waals surface area contributed by atoms with E-state index in [1.165, 1.54) is 30.6 Å². The summed E-state index contributed by atoms with van der Waals surface area (Å²) in [5, 5.41) is 12.0. The van der Waals surface area contributed by atoms with Gasteiger partial charge in [-0.3, -0.25) is 4.98 Å². The number of rotatable bonds is 8. The highest BCUT2D eigenvalue weighted by molar-refractivity contribution is 7.17. The van der Waals surface area contributed by atoms with E-state index in [4.69, 9.17) is 9.84 Å². The second-order valence-electron chi connectivity index (χ2n) is 6.68. The van der Waals surface area contributed by atoms with Gasteiger partial charge in [0.05, 0.1) is 24.1 Å². The molecule has 1 N–H and O–H groups in total. The number of carboxylic acid groups (broad SMARTS) is 1. The smallest absolute Gasteiger partial charge is 0.337 e. The minimum Gasteiger partial charge on any atom is -0.492 e. The minimum atomic E-state index is -1.03. The van der Waals surface area contributed by atoms with Crippen LogP contribution in [0.4, 0.5) is 4.39 Å². The predicted molar refractivity (Wildman–Crippen MR) is 112 cm³/mol. The largest absolute Gasteiger partial charge is 0.492 e. The van der Waals surface area contributed by atoms with Gasteiger partial charge in [-0.25, -0.2) is 19.2 Å². The molecule has 0 aliphatic carbocycles. The van der Waals surface area contributed by atoms with Gasteiger partial charge >= 0.3 is 5.97 Å². The van der Waals surface area contributed by atoms with E-state index >= 15 is 0 Å². The quantitative estimate of drug-likeness (QED) is 0.402. The molecule has 0 unspecified atom stereocenters. The first-order valence-corrected chi connectivity index (χ1v) is 10.3. The van der Waals surface area contributed by atoms with Crippen LogP contribution in [-0.4, -0.2) is 32.6 Å². The first-order valence-electron chi connectivity index (χ1n) is 9.40. The SMILES string of the molecule is O=C(O)c1cncc(OCCCCc2ncnc3scc(-c4ccc(F)cc4)c23)c1. The summed E-state index contributed by atoms with van der Waals surface area (Å²) in [6, 6.07) is 7.90. The van der Waals surface area contributed by atoms with Crippen molar-refractivity contribution in [2.45, 2.75) is 19.3 Å². The van der Waals surface area contributed by atoms with Crippen molar-refractivity contribution in [2.75, 3.05) is 6.61 Å². The van der Waals surface area contributed by atoms with E-state index in [0.717, 1.165) is 46.3 Å². The minimum absolute atomic E-state index is 0.0988. The van der Waals surface area contributed by atoms with Crippen molar-refractivity contribution in [3.8, 4) is 16.9 Å². The second kappa shape index (κ2) is 8.96. The number of ether oxygens (including phenoxy) is 1. The lowest BCUT2D eigenvalue weighted by molar-refractivity contribution is 0.0696. The van der Waals surface area contributed by atoms with Crippen molar-refractivity contribution >= 4 is 27.5 Å². The van der Waals surface area contributed by atoms with Crippen LogP contribution < -0.4 is 4.74 Å². The molecule has 3 aromatic heterocycles. The molecule has 3 heterocycles. The van der Waals surface area contributed by atoms with E-state index in [1.807, 2.05) is 5.38 Å². The van der Waals surface area contributed by atoms with Crippen LogP contribution >= 0.6 is 11.3 Å². The standard InChI is InChI=1S/C22H18FN3O3S/c23-16-6-4-14(5-7-16)18-12-30-21-20(18)19(25-13-26-21)3-1-2-8-29-17-9-15(22(27)28)10-24-11-17/h4-7,9-13H,1-3,8H2,(H,27,28). The third-order valence-electron chi connectivity index (χ3n) is 4.64. The van der Waals surface area contributed by atoms with E-state index in [-0.39, 0.29) is 11.4 Å². The van der Waals surface area contributed by atoms with Gasteiger partial charge in [0.25, 0.3) is 0 Å². The molecule has 4 aromatic rings. The number of unbranched alkanes of at least 4 members (excludes halogenated alkanes) is 1. The topological polar surface area (TPSA) is 85.2 Å². The average Bonchev–Trinajstić information content (AvgIpc) is 3.19. The molecule has 6 nitrogen and oxygen atoms in total. The van der Waals surface area contributed by atoms with Gasteiger partial charge in [0.2, 0.25) is 0 Å². The van der Waals surface area contributed by atoms with E-state index in [1.54, 1.807) is 29.8 Å². The van der Waals surface area contributed by atoms with Crippen LogP contribution in [0.25, 0.3) is 21.3 Å². The van der Waals surface area contributed by atoms with Crippen LogP contribution in [0.5, 0.6) is 5.75 Å². The second-order valence-corrected chi connectivity index (χ2v) is 7.53. The zero-order chi connectivity index (χ0) is 20.9. The molecule has 0 aliphatic heterocycles. The third-order valence-corrected chi connectivity index (χ3v) is 5.53. The zero-order valence-corrected chi connectivity index (χ0v) is 16.7.